The Morgan fingerprint density at radius 3 is 2.33 bits per heavy atom. The molecule has 0 atom stereocenters. The molecule has 5 nitrogen and oxygen atoms in total. The van der Waals surface area contributed by atoms with Gasteiger partial charge in [0.2, 0.25) is 0 Å². The van der Waals surface area contributed by atoms with Crippen molar-refractivity contribution in [2.24, 2.45) is 0 Å². The number of carbonyl (C=O) groups excluding carboxylic acids is 1. The van der Waals surface area contributed by atoms with E-state index in [0.717, 1.165) is 34.4 Å². The van der Waals surface area contributed by atoms with Crippen molar-refractivity contribution < 1.29 is 4.79 Å². The fraction of sp³-hybridized carbons (Fsp3) is 0.235. The molecule has 1 saturated heterocycles. The highest BCUT2D eigenvalue weighted by Gasteiger charge is 2.23. The van der Waals surface area contributed by atoms with Gasteiger partial charge in [0.1, 0.15) is 5.69 Å². The molecule has 0 spiro atoms. The third-order valence-corrected chi connectivity index (χ3v) is 5.80. The van der Waals surface area contributed by atoms with Crippen LogP contribution in [0.4, 0.5) is 5.82 Å². The molecule has 1 aliphatic heterocycles. The van der Waals surface area contributed by atoms with E-state index in [2.05, 4.69) is 15.1 Å². The van der Waals surface area contributed by atoms with Gasteiger partial charge < -0.3 is 9.80 Å². The minimum atomic E-state index is 0.128. The lowest BCUT2D eigenvalue weighted by molar-refractivity contribution is 0.0751. The van der Waals surface area contributed by atoms with Crippen LogP contribution >= 0.6 is 22.7 Å². The average Bonchev–Trinajstić information content (AvgIpc) is 3.35. The first-order valence-electron chi connectivity index (χ1n) is 7.76. The maximum absolute atomic E-state index is 12.4. The summed E-state index contributed by atoms with van der Waals surface area (Å²) in [5, 5.41) is 12.7. The highest BCUT2D eigenvalue weighted by atomic mass is 32.1. The Hall–Kier alpha value is -2.25. The van der Waals surface area contributed by atoms with Gasteiger partial charge in [-0.25, -0.2) is 0 Å². The first-order chi connectivity index (χ1) is 11.8. The molecule has 4 heterocycles. The third kappa shape index (κ3) is 3.05. The van der Waals surface area contributed by atoms with Crippen LogP contribution in [0.5, 0.6) is 0 Å². The molecule has 1 amide bonds. The van der Waals surface area contributed by atoms with Crippen molar-refractivity contribution in [3.63, 3.8) is 0 Å². The molecule has 0 aromatic carbocycles. The first-order valence-corrected chi connectivity index (χ1v) is 9.52. The summed E-state index contributed by atoms with van der Waals surface area (Å²) in [6.45, 7) is 2.99. The summed E-state index contributed by atoms with van der Waals surface area (Å²) in [6.07, 6.45) is 0. The van der Waals surface area contributed by atoms with E-state index in [1.165, 1.54) is 11.3 Å². The molecule has 0 radical (unpaired) electrons. The van der Waals surface area contributed by atoms with Crippen LogP contribution in [0.1, 0.15) is 9.67 Å². The molecular weight excluding hydrogens is 340 g/mol. The van der Waals surface area contributed by atoms with Gasteiger partial charge >= 0.3 is 0 Å². The van der Waals surface area contributed by atoms with Crippen LogP contribution in [0.3, 0.4) is 0 Å². The molecule has 0 aliphatic carbocycles. The van der Waals surface area contributed by atoms with E-state index in [0.29, 0.717) is 13.1 Å². The smallest absolute Gasteiger partial charge is 0.264 e. The first kappa shape index (κ1) is 15.3. The average molecular weight is 356 g/mol. The minimum absolute atomic E-state index is 0.128. The van der Waals surface area contributed by atoms with Crippen LogP contribution in [0.15, 0.2) is 47.2 Å². The highest BCUT2D eigenvalue weighted by molar-refractivity contribution is 7.13. The summed E-state index contributed by atoms with van der Waals surface area (Å²) in [4.78, 5) is 18.4. The fourth-order valence-electron chi connectivity index (χ4n) is 2.74. The number of amides is 1. The maximum atomic E-state index is 12.4. The van der Waals surface area contributed by atoms with Gasteiger partial charge in [0.05, 0.1) is 9.75 Å². The zero-order valence-electron chi connectivity index (χ0n) is 13.0. The second-order valence-electron chi connectivity index (χ2n) is 5.51. The number of piperazine rings is 1. The molecule has 1 aliphatic rings. The van der Waals surface area contributed by atoms with Crippen molar-refractivity contribution in [2.45, 2.75) is 0 Å². The highest BCUT2D eigenvalue weighted by Crippen LogP contribution is 2.23. The maximum Gasteiger partial charge on any atom is 0.264 e. The molecule has 0 unspecified atom stereocenters. The number of hydrogen-bond donors (Lipinski definition) is 0. The second-order valence-corrected chi connectivity index (χ2v) is 7.41. The standard InChI is InChI=1S/C17H16N4OS2/c22-17(15-4-2-12-24-15)21-9-7-20(8-10-21)16-6-5-13(18-19-16)14-3-1-11-23-14/h1-6,11-12H,7-10H2. The van der Waals surface area contributed by atoms with Crippen molar-refractivity contribution in [2.75, 3.05) is 31.1 Å². The van der Waals surface area contributed by atoms with E-state index in [1.54, 1.807) is 11.3 Å². The molecule has 4 rings (SSSR count). The molecule has 0 N–H and O–H groups in total. The van der Waals surface area contributed by atoms with E-state index >= 15 is 0 Å². The van der Waals surface area contributed by atoms with Crippen LogP contribution in [-0.4, -0.2) is 47.2 Å². The Labute approximate surface area is 148 Å². The summed E-state index contributed by atoms with van der Waals surface area (Å²) in [5.74, 6) is 1.00. The normalized spacial score (nSPS) is 14.8. The zero-order chi connectivity index (χ0) is 16.4. The predicted molar refractivity (Wildman–Crippen MR) is 97.8 cm³/mol. The summed E-state index contributed by atoms with van der Waals surface area (Å²) in [6, 6.07) is 11.9. The minimum Gasteiger partial charge on any atom is -0.352 e. The lowest BCUT2D eigenvalue weighted by Crippen LogP contribution is -2.48. The monoisotopic (exact) mass is 356 g/mol. The van der Waals surface area contributed by atoms with Gasteiger partial charge in [0.25, 0.3) is 5.91 Å². The van der Waals surface area contributed by atoms with Gasteiger partial charge in [0, 0.05) is 26.2 Å². The van der Waals surface area contributed by atoms with E-state index in [-0.39, 0.29) is 5.91 Å². The van der Waals surface area contributed by atoms with Gasteiger partial charge in [0.15, 0.2) is 5.82 Å². The fourth-order valence-corrected chi connectivity index (χ4v) is 4.13. The third-order valence-electron chi connectivity index (χ3n) is 4.05. The largest absolute Gasteiger partial charge is 0.352 e. The lowest BCUT2D eigenvalue weighted by atomic mass is 10.2. The molecule has 0 bridgehead atoms. The second kappa shape index (κ2) is 6.70. The Balaban J connectivity index is 1.40. The van der Waals surface area contributed by atoms with Crippen molar-refractivity contribution >= 4 is 34.4 Å². The molecule has 1 fully saturated rings. The molecule has 3 aromatic heterocycles. The SMILES string of the molecule is O=C(c1cccs1)N1CCN(c2ccc(-c3cccs3)nn2)CC1. The summed E-state index contributed by atoms with van der Waals surface area (Å²) in [5.41, 5.74) is 0.903. The number of carbonyl (C=O) groups is 1. The van der Waals surface area contributed by atoms with E-state index < -0.39 is 0 Å². The van der Waals surface area contributed by atoms with Crippen molar-refractivity contribution in [3.05, 3.63) is 52.0 Å². The molecule has 122 valence electrons. The molecular formula is C17H16N4OS2. The van der Waals surface area contributed by atoms with Crippen molar-refractivity contribution in [3.8, 4) is 10.6 Å². The van der Waals surface area contributed by atoms with E-state index in [1.807, 2.05) is 52.1 Å². The Kier molecular flexibility index (Phi) is 4.27. The van der Waals surface area contributed by atoms with Crippen LogP contribution < -0.4 is 4.90 Å². The summed E-state index contributed by atoms with van der Waals surface area (Å²) < 4.78 is 0. The van der Waals surface area contributed by atoms with Crippen LogP contribution in [0, 0.1) is 0 Å². The number of anilines is 1. The molecule has 3 aromatic rings. The Morgan fingerprint density at radius 2 is 1.71 bits per heavy atom. The number of aromatic nitrogens is 2. The Bertz CT molecular complexity index is 792. The predicted octanol–water partition coefficient (Wildman–Crippen LogP) is 3.23. The van der Waals surface area contributed by atoms with Crippen LogP contribution in [-0.2, 0) is 0 Å². The quantitative estimate of drug-likeness (QED) is 0.723. The topological polar surface area (TPSA) is 49.3 Å². The van der Waals surface area contributed by atoms with Gasteiger partial charge in [-0.05, 0) is 35.0 Å². The van der Waals surface area contributed by atoms with Gasteiger partial charge in [-0.1, -0.05) is 12.1 Å². The molecule has 24 heavy (non-hydrogen) atoms. The summed E-state index contributed by atoms with van der Waals surface area (Å²) >= 11 is 3.16. The van der Waals surface area contributed by atoms with Crippen molar-refractivity contribution in [1.29, 1.82) is 0 Å². The van der Waals surface area contributed by atoms with E-state index in [9.17, 15) is 4.79 Å². The Morgan fingerprint density at radius 1 is 0.917 bits per heavy atom. The van der Waals surface area contributed by atoms with Crippen LogP contribution in [0.2, 0.25) is 0 Å². The van der Waals surface area contributed by atoms with E-state index in [4.69, 9.17) is 0 Å². The van der Waals surface area contributed by atoms with Crippen LogP contribution in [0.25, 0.3) is 10.6 Å². The van der Waals surface area contributed by atoms with Gasteiger partial charge in [-0.2, -0.15) is 0 Å². The summed E-state index contributed by atoms with van der Waals surface area (Å²) in [7, 11) is 0. The molecule has 7 heteroatoms. The number of hydrogen-bond acceptors (Lipinski definition) is 6. The zero-order valence-corrected chi connectivity index (χ0v) is 14.6. The molecule has 0 saturated carbocycles. The number of thiophene rings is 2. The van der Waals surface area contributed by atoms with Gasteiger partial charge in [-0.3, -0.25) is 4.79 Å². The number of rotatable bonds is 3. The van der Waals surface area contributed by atoms with Gasteiger partial charge in [-0.15, -0.1) is 32.9 Å². The lowest BCUT2D eigenvalue weighted by Gasteiger charge is -2.35. The van der Waals surface area contributed by atoms with Crippen molar-refractivity contribution in [1.82, 2.24) is 15.1 Å². The number of nitrogens with zero attached hydrogens (tertiary/aromatic N) is 4.